The summed E-state index contributed by atoms with van der Waals surface area (Å²) in [5.41, 5.74) is 6.90. The molecule has 1 unspecified atom stereocenters. The third-order valence-corrected chi connectivity index (χ3v) is 5.60. The number of ether oxygens (including phenoxy) is 1. The van der Waals surface area contributed by atoms with Crippen molar-refractivity contribution in [1.82, 2.24) is 0 Å². The summed E-state index contributed by atoms with van der Waals surface area (Å²) in [6.07, 6.45) is 2.56. The van der Waals surface area contributed by atoms with Crippen molar-refractivity contribution in [3.63, 3.8) is 0 Å². The van der Waals surface area contributed by atoms with Crippen LogP contribution in [0.15, 0.2) is 24.3 Å². The highest BCUT2D eigenvalue weighted by Gasteiger charge is 2.27. The smallest absolute Gasteiger partial charge is 0.338 e. The van der Waals surface area contributed by atoms with E-state index in [1.807, 2.05) is 0 Å². The van der Waals surface area contributed by atoms with Crippen molar-refractivity contribution in [2.75, 3.05) is 11.9 Å². The number of thiophene rings is 1. The number of hydrogen-bond acceptors (Lipinski definition) is 5. The zero-order chi connectivity index (χ0) is 19.6. The molecule has 1 heterocycles. The first-order valence-electron chi connectivity index (χ1n) is 8.52. The Kier molecular flexibility index (Phi) is 5.55. The Balaban J connectivity index is 1.66. The molecule has 2 amide bonds. The molecule has 0 aliphatic heterocycles. The van der Waals surface area contributed by atoms with Gasteiger partial charge in [-0.3, -0.25) is 9.59 Å². The van der Waals surface area contributed by atoms with Crippen LogP contribution < -0.4 is 11.1 Å². The molecular weight excluding hydrogens is 371 g/mol. The lowest BCUT2D eigenvalue weighted by atomic mass is 9.88. The number of halogens is 1. The zero-order valence-electron chi connectivity index (χ0n) is 14.7. The number of esters is 1. The predicted molar refractivity (Wildman–Crippen MR) is 99.3 cm³/mol. The van der Waals surface area contributed by atoms with Gasteiger partial charge in [0.1, 0.15) is 10.8 Å². The fourth-order valence-electron chi connectivity index (χ4n) is 3.06. The third-order valence-electron chi connectivity index (χ3n) is 4.43. The van der Waals surface area contributed by atoms with Crippen LogP contribution in [0.5, 0.6) is 0 Å². The van der Waals surface area contributed by atoms with Crippen LogP contribution in [-0.2, 0) is 22.4 Å². The van der Waals surface area contributed by atoms with Crippen molar-refractivity contribution in [2.45, 2.75) is 26.2 Å². The first kappa shape index (κ1) is 19.0. The molecule has 1 atom stereocenters. The Morgan fingerprint density at radius 1 is 1.30 bits per heavy atom. The van der Waals surface area contributed by atoms with Crippen LogP contribution in [-0.4, -0.2) is 24.4 Å². The molecule has 3 rings (SSSR count). The van der Waals surface area contributed by atoms with E-state index in [0.717, 1.165) is 41.8 Å². The van der Waals surface area contributed by atoms with E-state index in [0.29, 0.717) is 16.5 Å². The van der Waals surface area contributed by atoms with Gasteiger partial charge in [-0.05, 0) is 55.0 Å². The van der Waals surface area contributed by atoms with Crippen molar-refractivity contribution in [3.8, 4) is 0 Å². The number of rotatable bonds is 5. The Bertz CT molecular complexity index is 892. The Morgan fingerprint density at radius 3 is 2.67 bits per heavy atom. The minimum atomic E-state index is -0.737. The minimum Gasteiger partial charge on any atom is -0.452 e. The van der Waals surface area contributed by atoms with Gasteiger partial charge < -0.3 is 15.8 Å². The van der Waals surface area contributed by atoms with E-state index in [9.17, 15) is 18.8 Å². The van der Waals surface area contributed by atoms with E-state index in [4.69, 9.17) is 10.5 Å². The third kappa shape index (κ3) is 4.33. The summed E-state index contributed by atoms with van der Waals surface area (Å²) in [5.74, 6) is -1.85. The maximum atomic E-state index is 12.9. The lowest BCUT2D eigenvalue weighted by Crippen LogP contribution is -2.23. The van der Waals surface area contributed by atoms with Gasteiger partial charge in [0.25, 0.3) is 11.8 Å². The molecule has 0 radical (unpaired) electrons. The molecule has 0 fully saturated rings. The van der Waals surface area contributed by atoms with Gasteiger partial charge in [0.15, 0.2) is 6.61 Å². The highest BCUT2D eigenvalue weighted by molar-refractivity contribution is 7.17. The fraction of sp³-hybridized carbons (Fsp3) is 0.316. The maximum Gasteiger partial charge on any atom is 0.338 e. The Labute approximate surface area is 159 Å². The lowest BCUT2D eigenvalue weighted by Gasteiger charge is -2.18. The van der Waals surface area contributed by atoms with E-state index in [2.05, 4.69) is 12.2 Å². The summed E-state index contributed by atoms with van der Waals surface area (Å²) < 4.78 is 17.8. The molecule has 0 saturated heterocycles. The van der Waals surface area contributed by atoms with E-state index in [-0.39, 0.29) is 5.56 Å². The number of carbonyl (C=O) groups excluding carboxylic acids is 3. The molecule has 27 heavy (non-hydrogen) atoms. The molecule has 0 spiro atoms. The quantitative estimate of drug-likeness (QED) is 0.767. The Morgan fingerprint density at radius 2 is 2.00 bits per heavy atom. The molecule has 1 aromatic heterocycles. The van der Waals surface area contributed by atoms with Gasteiger partial charge in [-0.1, -0.05) is 6.92 Å². The second-order valence-corrected chi connectivity index (χ2v) is 7.66. The van der Waals surface area contributed by atoms with Crippen LogP contribution in [0.2, 0.25) is 0 Å². The van der Waals surface area contributed by atoms with Gasteiger partial charge in [0, 0.05) is 4.88 Å². The largest absolute Gasteiger partial charge is 0.452 e. The number of anilines is 1. The monoisotopic (exact) mass is 390 g/mol. The molecule has 142 valence electrons. The van der Waals surface area contributed by atoms with Crippen molar-refractivity contribution in [3.05, 3.63) is 51.7 Å². The van der Waals surface area contributed by atoms with E-state index < -0.39 is 30.2 Å². The van der Waals surface area contributed by atoms with Crippen LogP contribution in [0, 0.1) is 11.7 Å². The van der Waals surface area contributed by atoms with Crippen LogP contribution in [0.3, 0.4) is 0 Å². The van der Waals surface area contributed by atoms with Crippen LogP contribution in [0.1, 0.15) is 44.5 Å². The molecule has 2 aromatic rings. The molecule has 0 bridgehead atoms. The maximum absolute atomic E-state index is 12.9. The average Bonchev–Trinajstić information content (AvgIpc) is 2.97. The van der Waals surface area contributed by atoms with Gasteiger partial charge in [0.05, 0.1) is 11.1 Å². The first-order valence-corrected chi connectivity index (χ1v) is 9.33. The SMILES string of the molecule is CC1CCc2c(sc(NC(=O)COC(=O)c3ccc(F)cc3)c2C(N)=O)C1. The van der Waals surface area contributed by atoms with Crippen molar-refractivity contribution in [2.24, 2.45) is 11.7 Å². The molecule has 0 saturated carbocycles. The number of carbonyl (C=O) groups is 3. The average molecular weight is 390 g/mol. The molecule has 6 nitrogen and oxygen atoms in total. The van der Waals surface area contributed by atoms with Gasteiger partial charge >= 0.3 is 5.97 Å². The second kappa shape index (κ2) is 7.87. The lowest BCUT2D eigenvalue weighted by molar-refractivity contribution is -0.119. The van der Waals surface area contributed by atoms with Gasteiger partial charge in [-0.2, -0.15) is 0 Å². The van der Waals surface area contributed by atoms with Crippen molar-refractivity contribution in [1.29, 1.82) is 0 Å². The van der Waals surface area contributed by atoms with Gasteiger partial charge in [0.2, 0.25) is 0 Å². The summed E-state index contributed by atoms with van der Waals surface area (Å²) >= 11 is 1.34. The fourth-order valence-corrected chi connectivity index (χ4v) is 4.49. The molecule has 8 heteroatoms. The molecular formula is C19H19FN2O4S. The van der Waals surface area contributed by atoms with E-state index in [1.54, 1.807) is 0 Å². The highest BCUT2D eigenvalue weighted by Crippen LogP contribution is 2.39. The van der Waals surface area contributed by atoms with E-state index in [1.165, 1.54) is 23.5 Å². The molecule has 1 aliphatic rings. The standard InChI is InChI=1S/C19H19FN2O4S/c1-10-2-7-13-14(8-10)27-18(16(13)17(21)24)22-15(23)9-26-19(25)11-3-5-12(20)6-4-11/h3-6,10H,2,7-9H2,1H3,(H2,21,24)(H,22,23). The minimum absolute atomic E-state index is 0.141. The summed E-state index contributed by atoms with van der Waals surface area (Å²) in [7, 11) is 0. The van der Waals surface area contributed by atoms with Crippen LogP contribution >= 0.6 is 11.3 Å². The number of nitrogens with one attached hydrogen (secondary N) is 1. The number of primary amides is 1. The van der Waals surface area contributed by atoms with Crippen molar-refractivity contribution < 1.29 is 23.5 Å². The van der Waals surface area contributed by atoms with Crippen LogP contribution in [0.25, 0.3) is 0 Å². The second-order valence-electron chi connectivity index (χ2n) is 6.55. The predicted octanol–water partition coefficient (Wildman–Crippen LogP) is 2.91. The summed E-state index contributed by atoms with van der Waals surface area (Å²) in [4.78, 5) is 37.0. The molecule has 1 aliphatic carbocycles. The molecule has 1 aromatic carbocycles. The number of benzene rings is 1. The van der Waals surface area contributed by atoms with Gasteiger partial charge in [-0.15, -0.1) is 11.3 Å². The van der Waals surface area contributed by atoms with Crippen LogP contribution in [0.4, 0.5) is 9.39 Å². The molecule has 3 N–H and O–H groups in total. The van der Waals surface area contributed by atoms with E-state index >= 15 is 0 Å². The zero-order valence-corrected chi connectivity index (χ0v) is 15.5. The number of nitrogens with two attached hydrogens (primary N) is 1. The topological polar surface area (TPSA) is 98.5 Å². The summed E-state index contributed by atoms with van der Waals surface area (Å²) in [6.45, 7) is 1.62. The number of amides is 2. The summed E-state index contributed by atoms with van der Waals surface area (Å²) in [5, 5.41) is 3.01. The first-order chi connectivity index (χ1) is 12.8. The highest BCUT2D eigenvalue weighted by atomic mass is 32.1. The Hall–Kier alpha value is -2.74. The normalized spacial score (nSPS) is 15.7. The number of fused-ring (bicyclic) bond motifs is 1. The summed E-state index contributed by atoms with van der Waals surface area (Å²) in [6, 6.07) is 4.81. The number of hydrogen-bond donors (Lipinski definition) is 2. The van der Waals surface area contributed by atoms with Crippen molar-refractivity contribution >= 4 is 34.1 Å². The van der Waals surface area contributed by atoms with Gasteiger partial charge in [-0.25, -0.2) is 9.18 Å².